The molecule has 5 rings (SSSR count). The fourth-order valence-corrected chi connectivity index (χ4v) is 7.04. The molecule has 1 amide bonds. The summed E-state index contributed by atoms with van der Waals surface area (Å²) in [5, 5.41) is 14.9. The number of benzene rings is 2. The SMILES string of the molecule is Cc1ccc(C)c(S(=O)(=O)C2(C(=O)Nc3ccc(-c4nnnn4C4CC4)cc3)CCCC2)c1. The highest BCUT2D eigenvalue weighted by atomic mass is 32.2. The molecule has 1 aromatic heterocycles. The molecule has 9 heteroatoms. The second kappa shape index (κ2) is 8.06. The Morgan fingerprint density at radius 3 is 2.42 bits per heavy atom. The van der Waals surface area contributed by atoms with Gasteiger partial charge in [0.15, 0.2) is 20.4 Å². The lowest BCUT2D eigenvalue weighted by Gasteiger charge is -2.28. The van der Waals surface area contributed by atoms with Crippen molar-refractivity contribution in [3.05, 3.63) is 53.6 Å². The van der Waals surface area contributed by atoms with Crippen molar-refractivity contribution < 1.29 is 13.2 Å². The molecule has 33 heavy (non-hydrogen) atoms. The predicted molar refractivity (Wildman–Crippen MR) is 124 cm³/mol. The normalized spacial score (nSPS) is 17.8. The van der Waals surface area contributed by atoms with Crippen molar-refractivity contribution >= 4 is 21.4 Å². The van der Waals surface area contributed by atoms with E-state index in [1.165, 1.54) is 0 Å². The molecule has 2 fully saturated rings. The Bertz CT molecular complexity index is 1300. The van der Waals surface area contributed by atoms with E-state index in [9.17, 15) is 13.2 Å². The van der Waals surface area contributed by atoms with Gasteiger partial charge in [-0.15, -0.1) is 5.10 Å². The summed E-state index contributed by atoms with van der Waals surface area (Å²) in [6.45, 7) is 3.64. The first-order chi connectivity index (χ1) is 15.8. The summed E-state index contributed by atoms with van der Waals surface area (Å²) in [5.41, 5.74) is 2.93. The van der Waals surface area contributed by atoms with E-state index >= 15 is 0 Å². The molecule has 0 saturated heterocycles. The van der Waals surface area contributed by atoms with Crippen LogP contribution in [0.5, 0.6) is 0 Å². The van der Waals surface area contributed by atoms with E-state index < -0.39 is 20.5 Å². The number of rotatable bonds is 6. The first kappa shape index (κ1) is 21.8. The van der Waals surface area contributed by atoms with E-state index in [2.05, 4.69) is 20.8 Å². The summed E-state index contributed by atoms with van der Waals surface area (Å²) >= 11 is 0. The van der Waals surface area contributed by atoms with Crippen LogP contribution in [0.1, 0.15) is 55.7 Å². The molecule has 2 aliphatic rings. The first-order valence-electron chi connectivity index (χ1n) is 11.3. The number of hydrogen-bond donors (Lipinski definition) is 1. The Balaban J connectivity index is 1.42. The lowest BCUT2D eigenvalue weighted by molar-refractivity contribution is -0.118. The standard InChI is InChI=1S/C24H27N5O3S/c1-16-5-6-17(2)21(15-16)33(31,32)24(13-3-4-14-24)23(30)25-19-9-7-18(8-10-19)22-26-27-28-29(22)20-11-12-20/h5-10,15,20H,3-4,11-14H2,1-2H3,(H,25,30). The second-order valence-corrected chi connectivity index (χ2v) is 11.4. The van der Waals surface area contributed by atoms with Gasteiger partial charge in [-0.3, -0.25) is 4.79 Å². The molecular weight excluding hydrogens is 438 g/mol. The number of nitrogens with one attached hydrogen (secondary N) is 1. The number of aromatic nitrogens is 4. The summed E-state index contributed by atoms with van der Waals surface area (Å²) in [4.78, 5) is 13.7. The number of nitrogens with zero attached hydrogens (tertiary/aromatic N) is 4. The van der Waals surface area contributed by atoms with Gasteiger partial charge in [-0.1, -0.05) is 25.0 Å². The Kier molecular flexibility index (Phi) is 5.31. The van der Waals surface area contributed by atoms with E-state index in [-0.39, 0.29) is 4.90 Å². The van der Waals surface area contributed by atoms with Gasteiger partial charge in [-0.25, -0.2) is 13.1 Å². The van der Waals surface area contributed by atoms with Gasteiger partial charge in [0.25, 0.3) is 0 Å². The average molecular weight is 466 g/mol. The number of carbonyl (C=O) groups is 1. The number of amides is 1. The van der Waals surface area contributed by atoms with Crippen LogP contribution in [-0.4, -0.2) is 39.3 Å². The maximum absolute atomic E-state index is 13.8. The maximum Gasteiger partial charge on any atom is 0.246 e. The van der Waals surface area contributed by atoms with Crippen molar-refractivity contribution in [2.45, 2.75) is 68.1 Å². The van der Waals surface area contributed by atoms with Gasteiger partial charge in [0.05, 0.1) is 10.9 Å². The number of hydrogen-bond acceptors (Lipinski definition) is 6. The molecule has 0 radical (unpaired) electrons. The predicted octanol–water partition coefficient (Wildman–Crippen LogP) is 4.02. The molecule has 2 aliphatic carbocycles. The largest absolute Gasteiger partial charge is 0.325 e. The van der Waals surface area contributed by atoms with E-state index in [0.717, 1.165) is 24.0 Å². The van der Waals surface area contributed by atoms with Crippen molar-refractivity contribution in [1.29, 1.82) is 0 Å². The van der Waals surface area contributed by atoms with Crippen molar-refractivity contribution in [2.75, 3.05) is 5.32 Å². The van der Waals surface area contributed by atoms with Gasteiger partial charge in [-0.05, 0) is 91.4 Å². The van der Waals surface area contributed by atoms with Gasteiger partial charge < -0.3 is 5.32 Å². The molecule has 0 unspecified atom stereocenters. The average Bonchev–Trinajstić information content (AvgIpc) is 3.30. The molecule has 0 bridgehead atoms. The van der Waals surface area contributed by atoms with E-state index in [1.54, 1.807) is 31.2 Å². The fraction of sp³-hybridized carbons (Fsp3) is 0.417. The van der Waals surface area contributed by atoms with Crippen LogP contribution in [0.2, 0.25) is 0 Å². The molecule has 2 aromatic carbocycles. The maximum atomic E-state index is 13.8. The van der Waals surface area contributed by atoms with Crippen molar-refractivity contribution in [2.24, 2.45) is 0 Å². The number of aryl methyl sites for hydroxylation is 2. The highest BCUT2D eigenvalue weighted by Crippen LogP contribution is 2.42. The number of carbonyl (C=O) groups excluding carboxylic acids is 1. The molecule has 1 heterocycles. The Labute approximate surface area is 193 Å². The van der Waals surface area contributed by atoms with Crippen LogP contribution in [0.15, 0.2) is 47.4 Å². The summed E-state index contributed by atoms with van der Waals surface area (Å²) < 4.78 is 28.0. The zero-order valence-electron chi connectivity index (χ0n) is 18.8. The van der Waals surface area contributed by atoms with Crippen LogP contribution in [0.25, 0.3) is 11.4 Å². The monoisotopic (exact) mass is 465 g/mol. The first-order valence-corrected chi connectivity index (χ1v) is 12.8. The van der Waals surface area contributed by atoms with Gasteiger partial charge >= 0.3 is 0 Å². The third-order valence-electron chi connectivity index (χ3n) is 6.76. The van der Waals surface area contributed by atoms with Crippen molar-refractivity contribution in [3.63, 3.8) is 0 Å². The highest BCUT2D eigenvalue weighted by molar-refractivity contribution is 7.93. The molecule has 2 saturated carbocycles. The number of tetrazole rings is 1. The Morgan fingerprint density at radius 1 is 1.06 bits per heavy atom. The minimum Gasteiger partial charge on any atom is -0.325 e. The summed E-state index contributed by atoms with van der Waals surface area (Å²) in [5.74, 6) is 0.233. The van der Waals surface area contributed by atoms with Crippen molar-refractivity contribution in [3.8, 4) is 11.4 Å². The molecule has 0 aliphatic heterocycles. The lowest BCUT2D eigenvalue weighted by Crippen LogP contribution is -2.47. The number of anilines is 1. The Hall–Kier alpha value is -3.07. The fourth-order valence-electron chi connectivity index (χ4n) is 4.67. The number of sulfone groups is 1. The second-order valence-electron chi connectivity index (χ2n) is 9.18. The van der Waals surface area contributed by atoms with Gasteiger partial charge in [0, 0.05) is 11.3 Å². The molecule has 3 aromatic rings. The third-order valence-corrected chi connectivity index (χ3v) is 9.40. The van der Waals surface area contributed by atoms with E-state index in [1.807, 2.05) is 29.8 Å². The molecule has 8 nitrogen and oxygen atoms in total. The topological polar surface area (TPSA) is 107 Å². The van der Waals surface area contributed by atoms with Gasteiger partial charge in [0.1, 0.15) is 0 Å². The highest BCUT2D eigenvalue weighted by Gasteiger charge is 2.53. The molecule has 1 N–H and O–H groups in total. The van der Waals surface area contributed by atoms with Crippen LogP contribution < -0.4 is 5.32 Å². The van der Waals surface area contributed by atoms with Crippen molar-refractivity contribution in [1.82, 2.24) is 20.2 Å². The third kappa shape index (κ3) is 3.74. The van der Waals surface area contributed by atoms with Crippen LogP contribution in [0.3, 0.4) is 0 Å². The zero-order chi connectivity index (χ0) is 23.2. The van der Waals surface area contributed by atoms with E-state index in [0.29, 0.717) is 48.8 Å². The molecule has 172 valence electrons. The van der Waals surface area contributed by atoms with Crippen LogP contribution in [-0.2, 0) is 14.6 Å². The summed E-state index contributed by atoms with van der Waals surface area (Å²) in [7, 11) is -3.87. The zero-order valence-corrected chi connectivity index (χ0v) is 19.6. The molecule has 0 spiro atoms. The van der Waals surface area contributed by atoms with Crippen LogP contribution >= 0.6 is 0 Å². The Morgan fingerprint density at radius 2 is 1.76 bits per heavy atom. The quantitative estimate of drug-likeness (QED) is 0.589. The van der Waals surface area contributed by atoms with Gasteiger partial charge in [0.2, 0.25) is 5.91 Å². The smallest absolute Gasteiger partial charge is 0.246 e. The summed E-state index contributed by atoms with van der Waals surface area (Å²) in [6, 6.07) is 13.0. The lowest BCUT2D eigenvalue weighted by atomic mass is 10.1. The van der Waals surface area contributed by atoms with Gasteiger partial charge in [-0.2, -0.15) is 0 Å². The minimum absolute atomic E-state index is 0.252. The van der Waals surface area contributed by atoms with E-state index in [4.69, 9.17) is 0 Å². The van der Waals surface area contributed by atoms with Crippen LogP contribution in [0, 0.1) is 13.8 Å². The minimum atomic E-state index is -3.87. The molecule has 0 atom stereocenters. The summed E-state index contributed by atoms with van der Waals surface area (Å²) in [6.07, 6.45) is 4.21. The van der Waals surface area contributed by atoms with Crippen LogP contribution in [0.4, 0.5) is 5.69 Å². The molecular formula is C24H27N5O3S.